The van der Waals surface area contributed by atoms with Crippen molar-refractivity contribution in [3.63, 3.8) is 0 Å². The Labute approximate surface area is 167 Å². The molecule has 1 aliphatic rings. The minimum absolute atomic E-state index is 0.221. The van der Waals surface area contributed by atoms with Crippen LogP contribution in [0.2, 0.25) is 0 Å². The maximum Gasteiger partial charge on any atom is 0.273 e. The molecule has 2 aromatic carbocycles. The molecule has 0 atom stereocenters. The van der Waals surface area contributed by atoms with Crippen molar-refractivity contribution in [2.75, 3.05) is 13.3 Å². The topological polar surface area (TPSA) is 78.3 Å². The van der Waals surface area contributed by atoms with Crippen molar-refractivity contribution >= 4 is 5.91 Å². The lowest BCUT2D eigenvalue weighted by atomic mass is 9.84. The van der Waals surface area contributed by atoms with Crippen molar-refractivity contribution < 1.29 is 18.7 Å². The second kappa shape index (κ2) is 7.20. The third kappa shape index (κ3) is 3.65. The number of amides is 1. The second-order valence-corrected chi connectivity index (χ2v) is 7.55. The molecule has 8 heteroatoms. The first kappa shape index (κ1) is 18.9. The number of aromatic nitrogens is 3. The fraction of sp³-hybridized carbons (Fsp3) is 0.286. The van der Waals surface area contributed by atoms with Crippen molar-refractivity contribution in [2.45, 2.75) is 26.2 Å². The molecular weight excluding hydrogens is 375 g/mol. The summed E-state index contributed by atoms with van der Waals surface area (Å²) >= 11 is 0. The van der Waals surface area contributed by atoms with E-state index in [0.29, 0.717) is 23.7 Å². The summed E-state index contributed by atoms with van der Waals surface area (Å²) in [6.07, 6.45) is 0. The van der Waals surface area contributed by atoms with Gasteiger partial charge >= 0.3 is 0 Å². The van der Waals surface area contributed by atoms with Crippen molar-refractivity contribution in [2.24, 2.45) is 0 Å². The molecular formula is C21H21FN4O3. The SMILES string of the molecule is Cc1c(C(=O)NCC(C)(C)c2ccc3c(c2)OCO3)nnn1-c1ccc(F)cc1. The Kier molecular flexibility index (Phi) is 4.70. The highest BCUT2D eigenvalue weighted by atomic mass is 19.1. The van der Waals surface area contributed by atoms with Crippen LogP contribution in [0.25, 0.3) is 5.69 Å². The number of halogens is 1. The van der Waals surface area contributed by atoms with Gasteiger partial charge in [0.25, 0.3) is 5.91 Å². The molecule has 1 aromatic heterocycles. The van der Waals surface area contributed by atoms with E-state index < -0.39 is 0 Å². The number of ether oxygens (including phenoxy) is 2. The Morgan fingerprint density at radius 3 is 2.66 bits per heavy atom. The molecule has 0 fully saturated rings. The smallest absolute Gasteiger partial charge is 0.273 e. The normalized spacial score (nSPS) is 12.8. The van der Waals surface area contributed by atoms with Gasteiger partial charge in [0.2, 0.25) is 6.79 Å². The fourth-order valence-corrected chi connectivity index (χ4v) is 3.17. The van der Waals surface area contributed by atoms with E-state index in [1.807, 2.05) is 32.0 Å². The molecule has 150 valence electrons. The van der Waals surface area contributed by atoms with Crippen LogP contribution in [0.1, 0.15) is 35.6 Å². The van der Waals surface area contributed by atoms with E-state index in [-0.39, 0.29) is 29.6 Å². The van der Waals surface area contributed by atoms with E-state index >= 15 is 0 Å². The molecule has 0 saturated heterocycles. The van der Waals surface area contributed by atoms with Gasteiger partial charge in [-0.2, -0.15) is 0 Å². The Morgan fingerprint density at radius 1 is 1.17 bits per heavy atom. The van der Waals surface area contributed by atoms with Crippen molar-refractivity contribution in [1.82, 2.24) is 20.3 Å². The zero-order valence-corrected chi connectivity index (χ0v) is 16.4. The number of benzene rings is 2. The minimum atomic E-state index is -0.338. The largest absolute Gasteiger partial charge is 0.454 e. The van der Waals surface area contributed by atoms with Crippen molar-refractivity contribution in [3.8, 4) is 17.2 Å². The van der Waals surface area contributed by atoms with Gasteiger partial charge in [-0.1, -0.05) is 25.1 Å². The molecule has 0 radical (unpaired) electrons. The predicted octanol–water partition coefficient (Wildman–Crippen LogP) is 3.15. The minimum Gasteiger partial charge on any atom is -0.454 e. The quantitative estimate of drug-likeness (QED) is 0.717. The number of carbonyl (C=O) groups is 1. The Balaban J connectivity index is 1.47. The van der Waals surface area contributed by atoms with Crippen LogP contribution in [-0.4, -0.2) is 34.2 Å². The molecule has 0 unspecified atom stereocenters. The number of fused-ring (bicyclic) bond motifs is 1. The molecule has 7 nitrogen and oxygen atoms in total. The zero-order valence-electron chi connectivity index (χ0n) is 16.4. The van der Waals surface area contributed by atoms with Gasteiger partial charge in [-0.05, 0) is 48.9 Å². The first-order valence-electron chi connectivity index (χ1n) is 9.22. The summed E-state index contributed by atoms with van der Waals surface area (Å²) < 4.78 is 25.4. The van der Waals surface area contributed by atoms with Crippen LogP contribution in [0.4, 0.5) is 4.39 Å². The highest BCUT2D eigenvalue weighted by Gasteiger charge is 2.26. The van der Waals surface area contributed by atoms with Crippen LogP contribution < -0.4 is 14.8 Å². The molecule has 0 bridgehead atoms. The van der Waals surface area contributed by atoms with Gasteiger partial charge in [-0.15, -0.1) is 5.10 Å². The third-order valence-electron chi connectivity index (χ3n) is 5.03. The third-order valence-corrected chi connectivity index (χ3v) is 5.03. The Hall–Kier alpha value is -3.42. The molecule has 1 N–H and O–H groups in total. The number of rotatable bonds is 5. The summed E-state index contributed by atoms with van der Waals surface area (Å²) in [7, 11) is 0. The highest BCUT2D eigenvalue weighted by molar-refractivity contribution is 5.93. The van der Waals surface area contributed by atoms with Gasteiger partial charge in [0.1, 0.15) is 5.82 Å². The van der Waals surface area contributed by atoms with Crippen LogP contribution in [0.15, 0.2) is 42.5 Å². The maximum absolute atomic E-state index is 13.1. The lowest BCUT2D eigenvalue weighted by Crippen LogP contribution is -2.37. The second-order valence-electron chi connectivity index (χ2n) is 7.55. The van der Waals surface area contributed by atoms with Crippen LogP contribution in [-0.2, 0) is 5.41 Å². The summed E-state index contributed by atoms with van der Waals surface area (Å²) in [6.45, 7) is 6.44. The van der Waals surface area contributed by atoms with Crippen LogP contribution in [0.3, 0.4) is 0 Å². The standard InChI is InChI=1S/C21H21FN4O3/c1-13-19(24-25-26(13)16-7-5-15(22)6-8-16)20(27)23-11-21(2,3)14-4-9-17-18(10-14)29-12-28-17/h4-10H,11-12H2,1-3H3,(H,23,27). The van der Waals surface area contributed by atoms with E-state index in [2.05, 4.69) is 15.6 Å². The summed E-state index contributed by atoms with van der Waals surface area (Å²) in [5, 5.41) is 11.0. The average molecular weight is 396 g/mol. The number of nitrogens with one attached hydrogen (secondary N) is 1. The summed E-state index contributed by atoms with van der Waals surface area (Å²) in [5.74, 6) is 0.779. The molecule has 0 spiro atoms. The highest BCUT2D eigenvalue weighted by Crippen LogP contribution is 2.36. The fourth-order valence-electron chi connectivity index (χ4n) is 3.17. The molecule has 0 saturated carbocycles. The first-order valence-corrected chi connectivity index (χ1v) is 9.22. The van der Waals surface area contributed by atoms with Gasteiger partial charge in [0.05, 0.1) is 11.4 Å². The Morgan fingerprint density at radius 2 is 1.90 bits per heavy atom. The monoisotopic (exact) mass is 396 g/mol. The van der Waals surface area contributed by atoms with Crippen LogP contribution >= 0.6 is 0 Å². The van der Waals surface area contributed by atoms with E-state index in [9.17, 15) is 9.18 Å². The summed E-state index contributed by atoms with van der Waals surface area (Å²) in [5.41, 5.74) is 2.13. The van der Waals surface area contributed by atoms with Gasteiger partial charge in [-0.25, -0.2) is 9.07 Å². The Bertz CT molecular complexity index is 1060. The predicted molar refractivity (Wildman–Crippen MR) is 104 cm³/mol. The van der Waals surface area contributed by atoms with Crippen LogP contribution in [0.5, 0.6) is 11.5 Å². The summed E-state index contributed by atoms with van der Waals surface area (Å²) in [4.78, 5) is 12.7. The van der Waals surface area contributed by atoms with E-state index in [0.717, 1.165) is 11.3 Å². The first-order chi connectivity index (χ1) is 13.8. The molecule has 29 heavy (non-hydrogen) atoms. The number of hydrogen-bond acceptors (Lipinski definition) is 5. The molecule has 1 aliphatic heterocycles. The van der Waals surface area contributed by atoms with Gasteiger partial charge in [0, 0.05) is 12.0 Å². The number of carbonyl (C=O) groups excluding carboxylic acids is 1. The molecule has 3 aromatic rings. The summed E-state index contributed by atoms with van der Waals surface area (Å²) in [6, 6.07) is 11.6. The lowest BCUT2D eigenvalue weighted by molar-refractivity contribution is 0.0940. The lowest BCUT2D eigenvalue weighted by Gasteiger charge is -2.25. The van der Waals surface area contributed by atoms with Crippen molar-refractivity contribution in [3.05, 3.63) is 65.2 Å². The van der Waals surface area contributed by atoms with Gasteiger partial charge in [0.15, 0.2) is 17.2 Å². The van der Waals surface area contributed by atoms with Crippen molar-refractivity contribution in [1.29, 1.82) is 0 Å². The molecule has 4 rings (SSSR count). The van der Waals surface area contributed by atoms with E-state index in [4.69, 9.17) is 9.47 Å². The van der Waals surface area contributed by atoms with E-state index in [1.54, 1.807) is 19.1 Å². The van der Waals surface area contributed by atoms with Gasteiger partial charge < -0.3 is 14.8 Å². The molecule has 2 heterocycles. The molecule has 0 aliphatic carbocycles. The number of hydrogen-bond donors (Lipinski definition) is 1. The zero-order chi connectivity index (χ0) is 20.6. The molecule has 1 amide bonds. The maximum atomic E-state index is 13.1. The number of nitrogens with zero attached hydrogens (tertiary/aromatic N) is 3. The van der Waals surface area contributed by atoms with E-state index in [1.165, 1.54) is 16.8 Å². The van der Waals surface area contributed by atoms with Gasteiger partial charge in [-0.3, -0.25) is 4.79 Å². The van der Waals surface area contributed by atoms with Crippen LogP contribution in [0, 0.1) is 12.7 Å². The average Bonchev–Trinajstić information content (AvgIpc) is 3.33.